The van der Waals surface area contributed by atoms with Crippen molar-refractivity contribution in [3.63, 3.8) is 0 Å². The fourth-order valence-electron chi connectivity index (χ4n) is 2.44. The van der Waals surface area contributed by atoms with Crippen LogP contribution in [-0.2, 0) is 0 Å². The van der Waals surface area contributed by atoms with E-state index in [1.165, 1.54) is 12.1 Å². The first-order valence-corrected chi connectivity index (χ1v) is 8.05. The molecule has 0 radical (unpaired) electrons. The van der Waals surface area contributed by atoms with Gasteiger partial charge >= 0.3 is 0 Å². The molecular formula is C17H10Cl2FN5. The van der Waals surface area contributed by atoms with Crippen molar-refractivity contribution in [3.05, 3.63) is 70.9 Å². The number of nitrogens with zero attached hydrogens (tertiary/aromatic N) is 4. The van der Waals surface area contributed by atoms with Gasteiger partial charge in [0.25, 0.3) is 0 Å². The summed E-state index contributed by atoms with van der Waals surface area (Å²) in [6, 6.07) is 9.89. The second-order valence-corrected chi connectivity index (χ2v) is 6.04. The molecule has 8 heteroatoms. The highest BCUT2D eigenvalue weighted by molar-refractivity contribution is 6.37. The molecule has 3 aromatic heterocycles. The minimum atomic E-state index is -0.405. The molecule has 0 aliphatic carbocycles. The lowest BCUT2D eigenvalue weighted by atomic mass is 10.3. The lowest BCUT2D eigenvalue weighted by Crippen LogP contribution is -1.96. The lowest BCUT2D eigenvalue weighted by molar-refractivity contribution is 0.622. The third-order valence-electron chi connectivity index (χ3n) is 3.57. The maximum atomic E-state index is 13.0. The summed E-state index contributed by atoms with van der Waals surface area (Å²) >= 11 is 12.5. The predicted molar refractivity (Wildman–Crippen MR) is 96.4 cm³/mol. The zero-order chi connectivity index (χ0) is 17.4. The van der Waals surface area contributed by atoms with E-state index in [0.29, 0.717) is 32.9 Å². The van der Waals surface area contributed by atoms with Gasteiger partial charge in [0.2, 0.25) is 0 Å². The largest absolute Gasteiger partial charge is 0.324 e. The number of fused-ring (bicyclic) bond motifs is 1. The summed E-state index contributed by atoms with van der Waals surface area (Å²) in [5.41, 5.74) is 1.29. The molecule has 25 heavy (non-hydrogen) atoms. The summed E-state index contributed by atoms with van der Waals surface area (Å²) < 4.78 is 14.6. The van der Waals surface area contributed by atoms with E-state index in [4.69, 9.17) is 23.2 Å². The van der Waals surface area contributed by atoms with E-state index in [9.17, 15) is 4.39 Å². The highest BCUT2D eigenvalue weighted by Gasteiger charge is 2.13. The van der Waals surface area contributed by atoms with Crippen LogP contribution in [0.25, 0.3) is 16.6 Å². The number of nitrogens with one attached hydrogen (secondary N) is 1. The molecule has 124 valence electrons. The monoisotopic (exact) mass is 373 g/mol. The van der Waals surface area contributed by atoms with E-state index in [-0.39, 0.29) is 0 Å². The number of para-hydroxylation sites is 1. The average Bonchev–Trinajstić information content (AvgIpc) is 3.01. The minimum absolute atomic E-state index is 0.405. The number of rotatable bonds is 3. The highest BCUT2D eigenvalue weighted by Crippen LogP contribution is 2.30. The SMILES string of the molecule is Fc1ccc(Nc2nccc3nn(-c4c(Cl)cccc4Cl)cc23)nc1. The van der Waals surface area contributed by atoms with Crippen molar-refractivity contribution in [3.8, 4) is 5.69 Å². The van der Waals surface area contributed by atoms with Crippen LogP contribution in [0.4, 0.5) is 16.0 Å². The normalized spacial score (nSPS) is 11.0. The summed E-state index contributed by atoms with van der Waals surface area (Å²) in [7, 11) is 0. The van der Waals surface area contributed by atoms with Crippen LogP contribution < -0.4 is 5.32 Å². The van der Waals surface area contributed by atoms with E-state index in [2.05, 4.69) is 20.4 Å². The number of hydrogen-bond donors (Lipinski definition) is 1. The van der Waals surface area contributed by atoms with Gasteiger partial charge in [-0.05, 0) is 30.3 Å². The van der Waals surface area contributed by atoms with Crippen molar-refractivity contribution >= 4 is 45.7 Å². The molecule has 0 fully saturated rings. The van der Waals surface area contributed by atoms with Gasteiger partial charge < -0.3 is 5.32 Å². The van der Waals surface area contributed by atoms with Gasteiger partial charge in [-0.3, -0.25) is 0 Å². The molecule has 0 aliphatic heterocycles. The quantitative estimate of drug-likeness (QED) is 0.548. The Morgan fingerprint density at radius 3 is 2.52 bits per heavy atom. The van der Waals surface area contributed by atoms with Crippen LogP contribution in [0.15, 0.2) is 55.0 Å². The number of pyridine rings is 2. The third kappa shape index (κ3) is 3.01. The molecule has 1 N–H and O–H groups in total. The number of halogens is 3. The molecule has 4 aromatic rings. The topological polar surface area (TPSA) is 55.6 Å². The summed E-state index contributed by atoms with van der Waals surface area (Å²) in [5, 5.41) is 9.30. The second-order valence-electron chi connectivity index (χ2n) is 5.22. The number of anilines is 2. The van der Waals surface area contributed by atoms with Crippen LogP contribution in [-0.4, -0.2) is 19.7 Å². The van der Waals surface area contributed by atoms with Crippen LogP contribution in [0.1, 0.15) is 0 Å². The van der Waals surface area contributed by atoms with Gasteiger partial charge in [0, 0.05) is 12.4 Å². The Labute approximate surface area is 152 Å². The first-order valence-electron chi connectivity index (χ1n) is 7.29. The Morgan fingerprint density at radius 1 is 1.00 bits per heavy atom. The molecule has 5 nitrogen and oxygen atoms in total. The van der Waals surface area contributed by atoms with Crippen LogP contribution in [0.3, 0.4) is 0 Å². The van der Waals surface area contributed by atoms with Crippen molar-refractivity contribution in [1.82, 2.24) is 19.7 Å². The summed E-state index contributed by atoms with van der Waals surface area (Å²) in [6.07, 6.45) is 4.54. The van der Waals surface area contributed by atoms with E-state index in [1.807, 2.05) is 0 Å². The number of aromatic nitrogens is 4. The minimum Gasteiger partial charge on any atom is -0.324 e. The van der Waals surface area contributed by atoms with Crippen molar-refractivity contribution in [2.75, 3.05) is 5.32 Å². The third-order valence-corrected chi connectivity index (χ3v) is 4.18. The van der Waals surface area contributed by atoms with Gasteiger partial charge in [-0.15, -0.1) is 0 Å². The van der Waals surface area contributed by atoms with Crippen molar-refractivity contribution in [2.24, 2.45) is 0 Å². The van der Waals surface area contributed by atoms with Crippen LogP contribution in [0.5, 0.6) is 0 Å². The lowest BCUT2D eigenvalue weighted by Gasteiger charge is -2.06. The molecule has 0 aliphatic rings. The standard InChI is InChI=1S/C17H10Cl2FN5/c18-12-2-1-3-13(19)16(12)25-9-11-14(24-25)6-7-21-17(11)23-15-5-4-10(20)8-22-15/h1-9H,(H,21,22,23). The molecule has 0 atom stereocenters. The Balaban J connectivity index is 1.80. The first-order chi connectivity index (χ1) is 12.1. The van der Waals surface area contributed by atoms with E-state index in [1.54, 1.807) is 41.3 Å². The van der Waals surface area contributed by atoms with Gasteiger partial charge in [-0.2, -0.15) is 5.10 Å². The van der Waals surface area contributed by atoms with E-state index >= 15 is 0 Å². The summed E-state index contributed by atoms with van der Waals surface area (Å²) in [5.74, 6) is 0.619. The maximum absolute atomic E-state index is 13.0. The summed E-state index contributed by atoms with van der Waals surface area (Å²) in [6.45, 7) is 0. The van der Waals surface area contributed by atoms with Crippen LogP contribution in [0, 0.1) is 5.82 Å². The molecule has 1 aromatic carbocycles. The smallest absolute Gasteiger partial charge is 0.142 e. The first kappa shape index (κ1) is 15.8. The molecule has 0 saturated heterocycles. The van der Waals surface area contributed by atoms with Gasteiger partial charge in [-0.25, -0.2) is 19.0 Å². The molecule has 0 amide bonds. The van der Waals surface area contributed by atoms with Gasteiger partial charge in [0.05, 0.1) is 27.1 Å². The molecule has 0 unspecified atom stereocenters. The number of benzene rings is 1. The van der Waals surface area contributed by atoms with Crippen LogP contribution in [0.2, 0.25) is 10.0 Å². The molecule has 0 saturated carbocycles. The Morgan fingerprint density at radius 2 is 1.80 bits per heavy atom. The predicted octanol–water partition coefficient (Wildman–Crippen LogP) is 5.01. The van der Waals surface area contributed by atoms with Crippen molar-refractivity contribution in [2.45, 2.75) is 0 Å². The molecule has 3 heterocycles. The van der Waals surface area contributed by atoms with Crippen molar-refractivity contribution < 1.29 is 4.39 Å². The Kier molecular flexibility index (Phi) is 3.99. The maximum Gasteiger partial charge on any atom is 0.142 e. The van der Waals surface area contributed by atoms with Crippen molar-refractivity contribution in [1.29, 1.82) is 0 Å². The Hall–Kier alpha value is -2.70. The van der Waals surface area contributed by atoms with Crippen LogP contribution >= 0.6 is 23.2 Å². The van der Waals surface area contributed by atoms with Gasteiger partial charge in [0.15, 0.2) is 0 Å². The molecule has 0 bridgehead atoms. The summed E-state index contributed by atoms with van der Waals surface area (Å²) in [4.78, 5) is 8.29. The molecule has 0 spiro atoms. The van der Waals surface area contributed by atoms with Gasteiger partial charge in [0.1, 0.15) is 23.1 Å². The fourth-order valence-corrected chi connectivity index (χ4v) is 3.01. The average molecular weight is 374 g/mol. The Bertz CT molecular complexity index is 1040. The zero-order valence-corrected chi connectivity index (χ0v) is 14.1. The van der Waals surface area contributed by atoms with E-state index in [0.717, 1.165) is 11.6 Å². The number of hydrogen-bond acceptors (Lipinski definition) is 4. The second kappa shape index (κ2) is 6.31. The zero-order valence-electron chi connectivity index (χ0n) is 12.6. The van der Waals surface area contributed by atoms with Gasteiger partial charge in [-0.1, -0.05) is 29.3 Å². The molecule has 4 rings (SSSR count). The molecular weight excluding hydrogens is 364 g/mol. The highest BCUT2D eigenvalue weighted by atomic mass is 35.5. The van der Waals surface area contributed by atoms with E-state index < -0.39 is 5.82 Å². The fraction of sp³-hybridized carbons (Fsp3) is 0.